The molecule has 0 aliphatic heterocycles. The van der Waals surface area contributed by atoms with E-state index >= 15 is 0 Å². The Kier molecular flexibility index (Phi) is 3.19. The van der Waals surface area contributed by atoms with Crippen LogP contribution in [0.2, 0.25) is 0 Å². The summed E-state index contributed by atoms with van der Waals surface area (Å²) in [6.07, 6.45) is 4.35. The smallest absolute Gasteiger partial charge is 0.153 e. The molecule has 2 aromatic rings. The highest BCUT2D eigenvalue weighted by Crippen LogP contribution is 2.27. The number of aromatic nitrogens is 1. The number of carbonyl (C=O) groups excluding carboxylic acids is 1. The second-order valence-corrected chi connectivity index (χ2v) is 3.77. The summed E-state index contributed by atoms with van der Waals surface area (Å²) < 4.78 is 5.11. The second-order valence-electron chi connectivity index (χ2n) is 3.77. The van der Waals surface area contributed by atoms with Crippen LogP contribution in [-0.4, -0.2) is 18.4 Å². The Morgan fingerprint density at radius 3 is 2.76 bits per heavy atom. The van der Waals surface area contributed by atoms with Crippen molar-refractivity contribution in [2.75, 3.05) is 7.11 Å². The average Bonchev–Trinajstić information content (AvgIpc) is 2.38. The Labute approximate surface area is 100 Å². The zero-order chi connectivity index (χ0) is 12.3. The second kappa shape index (κ2) is 4.78. The summed E-state index contributed by atoms with van der Waals surface area (Å²) >= 11 is 0. The Morgan fingerprint density at radius 2 is 2.12 bits per heavy atom. The van der Waals surface area contributed by atoms with Gasteiger partial charge in [-0.2, -0.15) is 0 Å². The normalized spacial score (nSPS) is 10.0. The highest BCUT2D eigenvalue weighted by Gasteiger charge is 2.06. The third-order valence-electron chi connectivity index (χ3n) is 2.71. The van der Waals surface area contributed by atoms with Crippen molar-refractivity contribution >= 4 is 6.29 Å². The number of carbonyl (C=O) groups is 1. The van der Waals surface area contributed by atoms with Gasteiger partial charge in [-0.25, -0.2) is 0 Å². The molecule has 0 aliphatic carbocycles. The highest BCUT2D eigenvalue weighted by atomic mass is 16.5. The van der Waals surface area contributed by atoms with Crippen LogP contribution in [0.4, 0.5) is 0 Å². The van der Waals surface area contributed by atoms with E-state index < -0.39 is 0 Å². The lowest BCUT2D eigenvalue weighted by Crippen LogP contribution is -1.92. The van der Waals surface area contributed by atoms with Crippen LogP contribution in [0.15, 0.2) is 36.7 Å². The van der Waals surface area contributed by atoms with Crippen LogP contribution < -0.4 is 4.74 Å². The first-order chi connectivity index (χ1) is 8.26. The van der Waals surface area contributed by atoms with E-state index in [2.05, 4.69) is 4.98 Å². The first-order valence-electron chi connectivity index (χ1n) is 5.30. The van der Waals surface area contributed by atoms with Crippen LogP contribution in [0, 0.1) is 6.92 Å². The fourth-order valence-corrected chi connectivity index (χ4v) is 1.76. The number of nitrogens with zero attached hydrogens (tertiary/aromatic N) is 1. The average molecular weight is 227 g/mol. The van der Waals surface area contributed by atoms with Gasteiger partial charge in [0.05, 0.1) is 12.7 Å². The highest BCUT2D eigenvalue weighted by molar-refractivity contribution is 5.83. The van der Waals surface area contributed by atoms with Crippen LogP contribution in [0.3, 0.4) is 0 Å². The van der Waals surface area contributed by atoms with E-state index in [0.717, 1.165) is 23.0 Å². The third-order valence-corrected chi connectivity index (χ3v) is 2.71. The van der Waals surface area contributed by atoms with Gasteiger partial charge in [0.15, 0.2) is 6.29 Å². The van der Waals surface area contributed by atoms with E-state index in [-0.39, 0.29) is 0 Å². The molecule has 0 bridgehead atoms. The maximum atomic E-state index is 11.0. The molecule has 0 N–H and O–H groups in total. The lowest BCUT2D eigenvalue weighted by atomic mass is 10.0. The molecule has 86 valence electrons. The van der Waals surface area contributed by atoms with E-state index in [4.69, 9.17) is 4.74 Å². The largest absolute Gasteiger partial charge is 0.496 e. The summed E-state index contributed by atoms with van der Waals surface area (Å²) in [5, 5.41) is 0. The molecular formula is C14H13NO2. The Hall–Kier alpha value is -2.16. The Balaban J connectivity index is 2.54. The molecule has 0 radical (unpaired) electrons. The van der Waals surface area contributed by atoms with Gasteiger partial charge >= 0.3 is 0 Å². The van der Waals surface area contributed by atoms with Gasteiger partial charge in [0, 0.05) is 18.0 Å². The molecule has 3 nitrogen and oxygen atoms in total. The maximum absolute atomic E-state index is 11.0. The summed E-state index contributed by atoms with van der Waals surface area (Å²) in [6, 6.07) is 7.48. The lowest BCUT2D eigenvalue weighted by Gasteiger charge is -2.08. The number of ether oxygens (including phenoxy) is 1. The van der Waals surface area contributed by atoms with E-state index in [0.29, 0.717) is 11.3 Å². The summed E-state index contributed by atoms with van der Waals surface area (Å²) in [6.45, 7) is 2.02. The van der Waals surface area contributed by atoms with Gasteiger partial charge in [0.1, 0.15) is 5.75 Å². The minimum atomic E-state index is 0.549. The molecule has 0 unspecified atom stereocenters. The van der Waals surface area contributed by atoms with E-state index in [1.165, 1.54) is 0 Å². The monoisotopic (exact) mass is 227 g/mol. The first kappa shape index (κ1) is 11.3. The van der Waals surface area contributed by atoms with Crippen molar-refractivity contribution in [3.63, 3.8) is 0 Å². The van der Waals surface area contributed by atoms with Crippen molar-refractivity contribution < 1.29 is 9.53 Å². The van der Waals surface area contributed by atoms with Crippen molar-refractivity contribution in [2.45, 2.75) is 6.92 Å². The van der Waals surface area contributed by atoms with Gasteiger partial charge in [0.2, 0.25) is 0 Å². The molecule has 1 heterocycles. The molecule has 0 fully saturated rings. The molecule has 0 spiro atoms. The van der Waals surface area contributed by atoms with Gasteiger partial charge in [-0.3, -0.25) is 9.78 Å². The topological polar surface area (TPSA) is 39.2 Å². The third kappa shape index (κ3) is 2.18. The number of aldehydes is 1. The van der Waals surface area contributed by atoms with Gasteiger partial charge in [-0.05, 0) is 36.2 Å². The van der Waals surface area contributed by atoms with Gasteiger partial charge < -0.3 is 4.74 Å². The molecule has 0 saturated heterocycles. The van der Waals surface area contributed by atoms with Crippen LogP contribution >= 0.6 is 0 Å². The quantitative estimate of drug-likeness (QED) is 0.757. The number of benzene rings is 1. The Morgan fingerprint density at radius 1 is 1.29 bits per heavy atom. The number of pyridine rings is 1. The molecular weight excluding hydrogens is 214 g/mol. The first-order valence-corrected chi connectivity index (χ1v) is 5.30. The standard InChI is InChI=1S/C14H13NO2/c1-10-5-6-15-8-13(10)11-3-4-14(17-2)12(7-11)9-16/h3-9H,1-2H3. The van der Waals surface area contributed by atoms with E-state index in [1.54, 1.807) is 25.6 Å². The maximum Gasteiger partial charge on any atom is 0.153 e. The SMILES string of the molecule is COc1ccc(-c2cnccc2C)cc1C=O. The fourth-order valence-electron chi connectivity index (χ4n) is 1.76. The fraction of sp³-hybridized carbons (Fsp3) is 0.143. The minimum absolute atomic E-state index is 0.549. The molecule has 1 aromatic heterocycles. The van der Waals surface area contributed by atoms with Crippen LogP contribution in [0.1, 0.15) is 15.9 Å². The summed E-state index contributed by atoms with van der Waals surface area (Å²) in [5.41, 5.74) is 3.67. The summed E-state index contributed by atoms with van der Waals surface area (Å²) in [5.74, 6) is 0.588. The van der Waals surface area contributed by atoms with Crippen LogP contribution in [-0.2, 0) is 0 Å². The number of hydrogen-bond acceptors (Lipinski definition) is 3. The van der Waals surface area contributed by atoms with Gasteiger partial charge in [-0.1, -0.05) is 6.07 Å². The van der Waals surface area contributed by atoms with Crippen LogP contribution in [0.5, 0.6) is 5.75 Å². The summed E-state index contributed by atoms with van der Waals surface area (Å²) in [7, 11) is 1.55. The van der Waals surface area contributed by atoms with Crippen molar-refractivity contribution in [2.24, 2.45) is 0 Å². The Bertz CT molecular complexity index is 550. The van der Waals surface area contributed by atoms with E-state index in [9.17, 15) is 4.79 Å². The van der Waals surface area contributed by atoms with Crippen molar-refractivity contribution in [1.29, 1.82) is 0 Å². The lowest BCUT2D eigenvalue weighted by molar-refractivity contribution is 0.112. The number of hydrogen-bond donors (Lipinski definition) is 0. The zero-order valence-electron chi connectivity index (χ0n) is 9.81. The molecule has 0 saturated carbocycles. The molecule has 2 rings (SSSR count). The van der Waals surface area contributed by atoms with Crippen molar-refractivity contribution in [3.05, 3.63) is 47.8 Å². The molecule has 3 heteroatoms. The van der Waals surface area contributed by atoms with Gasteiger partial charge in [0.25, 0.3) is 0 Å². The molecule has 0 aliphatic rings. The molecule has 0 atom stereocenters. The molecule has 0 amide bonds. The predicted octanol–water partition coefficient (Wildman–Crippen LogP) is 2.88. The molecule has 1 aromatic carbocycles. The predicted molar refractivity (Wildman–Crippen MR) is 66.3 cm³/mol. The minimum Gasteiger partial charge on any atom is -0.496 e. The zero-order valence-corrected chi connectivity index (χ0v) is 9.81. The van der Waals surface area contributed by atoms with Crippen LogP contribution in [0.25, 0.3) is 11.1 Å². The summed E-state index contributed by atoms with van der Waals surface area (Å²) in [4.78, 5) is 15.1. The van der Waals surface area contributed by atoms with Crippen molar-refractivity contribution in [3.8, 4) is 16.9 Å². The van der Waals surface area contributed by atoms with E-state index in [1.807, 2.05) is 25.1 Å². The van der Waals surface area contributed by atoms with Crippen molar-refractivity contribution in [1.82, 2.24) is 4.98 Å². The number of rotatable bonds is 3. The number of aryl methyl sites for hydroxylation is 1. The number of methoxy groups -OCH3 is 1. The van der Waals surface area contributed by atoms with Gasteiger partial charge in [-0.15, -0.1) is 0 Å². The molecule has 17 heavy (non-hydrogen) atoms.